The van der Waals surface area contributed by atoms with Gasteiger partial charge in [0, 0.05) is 3.57 Å². The average Bonchev–Trinajstić information content (AvgIpc) is 2.39. The van der Waals surface area contributed by atoms with Gasteiger partial charge in [-0.15, -0.1) is 0 Å². The summed E-state index contributed by atoms with van der Waals surface area (Å²) < 4.78 is 14.9. The van der Waals surface area contributed by atoms with Gasteiger partial charge in [-0.2, -0.15) is 0 Å². The molecule has 0 saturated carbocycles. The summed E-state index contributed by atoms with van der Waals surface area (Å²) in [6.07, 6.45) is 0. The number of nitrogens with one attached hydrogen (secondary N) is 1. The highest BCUT2D eigenvalue weighted by atomic mass is 127. The lowest BCUT2D eigenvalue weighted by molar-refractivity contribution is 0.604. The molecule has 0 amide bonds. The second-order valence-corrected chi connectivity index (χ2v) is 5.99. The predicted octanol–water partition coefficient (Wildman–Crippen LogP) is 4.36. The van der Waals surface area contributed by atoms with E-state index in [1.807, 2.05) is 33.0 Å². The van der Waals surface area contributed by atoms with Gasteiger partial charge < -0.3 is 5.32 Å². The first-order valence-corrected chi connectivity index (χ1v) is 7.30. The lowest BCUT2D eigenvalue weighted by Gasteiger charge is -2.19. The van der Waals surface area contributed by atoms with Crippen molar-refractivity contribution in [2.24, 2.45) is 0 Å². The summed E-state index contributed by atoms with van der Waals surface area (Å²) in [4.78, 5) is 0. The second-order valence-electron chi connectivity index (χ2n) is 4.74. The summed E-state index contributed by atoms with van der Waals surface area (Å²) in [5.41, 5.74) is 3.68. The fourth-order valence-corrected chi connectivity index (χ4v) is 2.69. The molecule has 0 radical (unpaired) electrons. The molecule has 0 fully saturated rings. The van der Waals surface area contributed by atoms with Crippen LogP contribution in [0.1, 0.15) is 28.3 Å². The molecule has 1 N–H and O–H groups in total. The van der Waals surface area contributed by atoms with Crippen LogP contribution in [0.15, 0.2) is 36.4 Å². The highest BCUT2D eigenvalue weighted by Gasteiger charge is 2.14. The summed E-state index contributed by atoms with van der Waals surface area (Å²) >= 11 is 2.29. The minimum Gasteiger partial charge on any atom is -0.309 e. The molecule has 0 saturated heterocycles. The van der Waals surface area contributed by atoms with Gasteiger partial charge in [0.2, 0.25) is 0 Å². The van der Waals surface area contributed by atoms with E-state index < -0.39 is 0 Å². The van der Waals surface area contributed by atoms with Crippen molar-refractivity contribution in [3.8, 4) is 0 Å². The molecule has 2 aromatic rings. The Balaban J connectivity index is 2.45. The zero-order chi connectivity index (χ0) is 14.0. The largest absolute Gasteiger partial charge is 0.309 e. The van der Waals surface area contributed by atoms with Gasteiger partial charge >= 0.3 is 0 Å². The molecular formula is C16H17FIN. The van der Waals surface area contributed by atoms with E-state index in [2.05, 4.69) is 52.2 Å². The van der Waals surface area contributed by atoms with Gasteiger partial charge in [0.05, 0.1) is 6.04 Å². The van der Waals surface area contributed by atoms with Crippen molar-refractivity contribution < 1.29 is 4.39 Å². The van der Waals surface area contributed by atoms with Gasteiger partial charge in [0.1, 0.15) is 5.82 Å². The molecule has 19 heavy (non-hydrogen) atoms. The van der Waals surface area contributed by atoms with Gasteiger partial charge in [-0.3, -0.25) is 0 Å². The lowest BCUT2D eigenvalue weighted by atomic mass is 9.95. The molecule has 2 aromatic carbocycles. The topological polar surface area (TPSA) is 12.0 Å². The van der Waals surface area contributed by atoms with E-state index in [0.29, 0.717) is 11.1 Å². The number of aryl methyl sites for hydroxylation is 2. The first kappa shape index (κ1) is 14.5. The monoisotopic (exact) mass is 369 g/mol. The molecule has 1 unspecified atom stereocenters. The highest BCUT2D eigenvalue weighted by Crippen LogP contribution is 2.25. The summed E-state index contributed by atoms with van der Waals surface area (Å²) in [6, 6.07) is 12.3. The van der Waals surface area contributed by atoms with Gasteiger partial charge in [0.25, 0.3) is 0 Å². The van der Waals surface area contributed by atoms with Crippen LogP contribution in [0.2, 0.25) is 0 Å². The van der Waals surface area contributed by atoms with Crippen LogP contribution >= 0.6 is 22.6 Å². The lowest BCUT2D eigenvalue weighted by Crippen LogP contribution is -2.18. The number of benzene rings is 2. The van der Waals surface area contributed by atoms with Crippen LogP contribution in [0, 0.1) is 23.2 Å². The minimum absolute atomic E-state index is 0.0926. The van der Waals surface area contributed by atoms with Crippen molar-refractivity contribution in [1.82, 2.24) is 5.32 Å². The van der Waals surface area contributed by atoms with E-state index in [1.165, 1.54) is 9.13 Å². The Labute approximate surface area is 127 Å². The van der Waals surface area contributed by atoms with Crippen molar-refractivity contribution in [2.75, 3.05) is 7.05 Å². The Hall–Kier alpha value is -0.940. The first-order valence-electron chi connectivity index (χ1n) is 6.22. The van der Waals surface area contributed by atoms with Crippen LogP contribution in [0.3, 0.4) is 0 Å². The van der Waals surface area contributed by atoms with Crippen LogP contribution < -0.4 is 5.32 Å². The number of halogens is 2. The van der Waals surface area contributed by atoms with Crippen LogP contribution in [-0.4, -0.2) is 7.05 Å². The Morgan fingerprint density at radius 3 is 2.00 bits per heavy atom. The number of hydrogen-bond acceptors (Lipinski definition) is 1. The zero-order valence-corrected chi connectivity index (χ0v) is 13.5. The van der Waals surface area contributed by atoms with E-state index in [9.17, 15) is 4.39 Å². The Bertz CT molecular complexity index is 555. The van der Waals surface area contributed by atoms with Crippen molar-refractivity contribution in [3.63, 3.8) is 0 Å². The number of hydrogen-bond donors (Lipinski definition) is 1. The third kappa shape index (κ3) is 3.15. The van der Waals surface area contributed by atoms with Crippen molar-refractivity contribution in [3.05, 3.63) is 68.0 Å². The molecule has 0 bridgehead atoms. The highest BCUT2D eigenvalue weighted by molar-refractivity contribution is 14.1. The molecular weight excluding hydrogens is 352 g/mol. The van der Waals surface area contributed by atoms with Crippen molar-refractivity contribution in [1.29, 1.82) is 0 Å². The van der Waals surface area contributed by atoms with E-state index >= 15 is 0 Å². The SMILES string of the molecule is CNC(c1ccc(I)cc1)c1cc(C)c(F)c(C)c1. The van der Waals surface area contributed by atoms with E-state index in [4.69, 9.17) is 0 Å². The third-order valence-electron chi connectivity index (χ3n) is 3.28. The Kier molecular flexibility index (Phi) is 4.58. The normalized spacial score (nSPS) is 12.5. The summed E-state index contributed by atoms with van der Waals surface area (Å²) in [5.74, 6) is -0.110. The maximum atomic E-state index is 13.7. The van der Waals surface area contributed by atoms with E-state index in [-0.39, 0.29) is 11.9 Å². The fraction of sp³-hybridized carbons (Fsp3) is 0.250. The van der Waals surface area contributed by atoms with Crippen LogP contribution in [0.5, 0.6) is 0 Å². The van der Waals surface area contributed by atoms with Crippen molar-refractivity contribution in [2.45, 2.75) is 19.9 Å². The Morgan fingerprint density at radius 2 is 1.53 bits per heavy atom. The summed E-state index contributed by atoms with van der Waals surface area (Å²) in [5, 5.41) is 3.30. The average molecular weight is 369 g/mol. The van der Waals surface area contributed by atoms with E-state index in [0.717, 1.165) is 5.56 Å². The number of rotatable bonds is 3. The molecule has 100 valence electrons. The van der Waals surface area contributed by atoms with Crippen LogP contribution in [-0.2, 0) is 0 Å². The summed E-state index contributed by atoms with van der Waals surface area (Å²) in [6.45, 7) is 3.62. The molecule has 0 aliphatic rings. The zero-order valence-electron chi connectivity index (χ0n) is 11.3. The van der Waals surface area contributed by atoms with Gasteiger partial charge in [-0.05, 0) is 77.9 Å². The molecule has 0 spiro atoms. The Morgan fingerprint density at radius 1 is 1.00 bits per heavy atom. The maximum Gasteiger partial charge on any atom is 0.129 e. The van der Waals surface area contributed by atoms with E-state index in [1.54, 1.807) is 0 Å². The molecule has 0 aromatic heterocycles. The molecule has 1 atom stereocenters. The molecule has 2 rings (SSSR count). The molecule has 0 aliphatic heterocycles. The van der Waals surface area contributed by atoms with Crippen molar-refractivity contribution >= 4 is 22.6 Å². The standard InChI is InChI=1S/C16H17FIN/c1-10-8-13(9-11(2)15(10)17)16(19-3)12-4-6-14(18)7-5-12/h4-9,16,19H,1-3H3. The smallest absolute Gasteiger partial charge is 0.129 e. The maximum absolute atomic E-state index is 13.7. The van der Waals surface area contributed by atoms with Gasteiger partial charge in [-0.1, -0.05) is 24.3 Å². The molecule has 1 nitrogen and oxygen atoms in total. The van der Waals surface area contributed by atoms with Crippen LogP contribution in [0.4, 0.5) is 4.39 Å². The quantitative estimate of drug-likeness (QED) is 0.793. The first-order chi connectivity index (χ1) is 9.02. The second kappa shape index (κ2) is 6.01. The summed E-state index contributed by atoms with van der Waals surface area (Å²) in [7, 11) is 1.93. The fourth-order valence-electron chi connectivity index (χ4n) is 2.33. The van der Waals surface area contributed by atoms with Crippen LogP contribution in [0.25, 0.3) is 0 Å². The molecule has 0 heterocycles. The predicted molar refractivity (Wildman–Crippen MR) is 85.9 cm³/mol. The third-order valence-corrected chi connectivity index (χ3v) is 4.00. The minimum atomic E-state index is -0.110. The van der Waals surface area contributed by atoms with Gasteiger partial charge in [-0.25, -0.2) is 4.39 Å². The molecule has 3 heteroatoms. The molecule has 0 aliphatic carbocycles. The van der Waals surface area contributed by atoms with Gasteiger partial charge in [0.15, 0.2) is 0 Å².